The van der Waals surface area contributed by atoms with Crippen molar-refractivity contribution in [3.63, 3.8) is 0 Å². The highest BCUT2D eigenvalue weighted by Gasteiger charge is 2.22. The molecule has 0 N–H and O–H groups in total. The molecule has 4 rings (SSSR count). The van der Waals surface area contributed by atoms with Gasteiger partial charge in [-0.15, -0.1) is 10.2 Å². The van der Waals surface area contributed by atoms with Crippen LogP contribution in [0.25, 0.3) is 5.69 Å². The quantitative estimate of drug-likeness (QED) is 0.514. The third-order valence-corrected chi connectivity index (χ3v) is 5.99. The summed E-state index contributed by atoms with van der Waals surface area (Å²) < 4.78 is 14.2. The number of ether oxygens (including phenoxy) is 2. The van der Waals surface area contributed by atoms with Crippen molar-refractivity contribution >= 4 is 33.6 Å². The second kappa shape index (κ2) is 8.98. The third-order valence-electron chi connectivity index (χ3n) is 4.52. The molecule has 3 aromatic rings. The summed E-state index contributed by atoms with van der Waals surface area (Å²) in [6, 6.07) is 16.3. The van der Waals surface area contributed by atoms with Crippen LogP contribution in [-0.4, -0.2) is 48.2 Å². The van der Waals surface area contributed by atoms with Crippen molar-refractivity contribution in [1.82, 2.24) is 14.8 Å². The molecule has 0 spiro atoms. The zero-order valence-corrected chi connectivity index (χ0v) is 17.9. The Balaban J connectivity index is 1.65. The van der Waals surface area contributed by atoms with Crippen LogP contribution in [0, 0.1) is 0 Å². The highest BCUT2D eigenvalue weighted by Crippen LogP contribution is 2.32. The van der Waals surface area contributed by atoms with E-state index in [9.17, 15) is 0 Å². The molecule has 2 aromatic carbocycles. The molecule has 0 saturated carbocycles. The number of thioether (sulfide) groups is 1. The molecule has 1 saturated heterocycles. The Morgan fingerprint density at radius 2 is 1.89 bits per heavy atom. The van der Waals surface area contributed by atoms with E-state index in [0.29, 0.717) is 13.2 Å². The molecule has 146 valence electrons. The van der Waals surface area contributed by atoms with Gasteiger partial charge in [0, 0.05) is 28.9 Å². The zero-order valence-electron chi connectivity index (χ0n) is 15.5. The van der Waals surface area contributed by atoms with Gasteiger partial charge >= 0.3 is 0 Å². The first-order chi connectivity index (χ1) is 13.8. The Hall–Kier alpha value is -2.03. The van der Waals surface area contributed by atoms with Crippen molar-refractivity contribution in [3.8, 4) is 11.4 Å². The fourth-order valence-corrected chi connectivity index (χ4v) is 4.46. The molecule has 0 bridgehead atoms. The highest BCUT2D eigenvalue weighted by atomic mass is 79.9. The van der Waals surface area contributed by atoms with Crippen LogP contribution >= 0.6 is 27.7 Å². The zero-order chi connectivity index (χ0) is 19.3. The predicted octanol–water partition coefficient (Wildman–Crippen LogP) is 4.17. The Bertz CT molecular complexity index is 929. The number of morpholine rings is 1. The van der Waals surface area contributed by atoms with Crippen LogP contribution in [0.1, 0.15) is 5.56 Å². The molecule has 0 radical (unpaired) electrons. The molecule has 0 aliphatic carbocycles. The fourth-order valence-electron chi connectivity index (χ4n) is 3.13. The van der Waals surface area contributed by atoms with E-state index in [2.05, 4.69) is 53.8 Å². The number of nitrogens with zero attached hydrogens (tertiary/aromatic N) is 4. The van der Waals surface area contributed by atoms with E-state index in [1.54, 1.807) is 18.9 Å². The van der Waals surface area contributed by atoms with E-state index in [1.165, 1.54) is 0 Å². The van der Waals surface area contributed by atoms with E-state index in [4.69, 9.17) is 9.47 Å². The second-order valence-electron chi connectivity index (χ2n) is 6.30. The van der Waals surface area contributed by atoms with Crippen molar-refractivity contribution in [2.45, 2.75) is 10.9 Å². The summed E-state index contributed by atoms with van der Waals surface area (Å²) in [5, 5.41) is 9.87. The van der Waals surface area contributed by atoms with Crippen molar-refractivity contribution in [2.24, 2.45) is 0 Å². The summed E-state index contributed by atoms with van der Waals surface area (Å²) in [5.41, 5.74) is 2.16. The lowest BCUT2D eigenvalue weighted by molar-refractivity contribution is 0.122. The maximum Gasteiger partial charge on any atom is 0.232 e. The van der Waals surface area contributed by atoms with Crippen molar-refractivity contribution in [1.29, 1.82) is 0 Å². The molecule has 2 heterocycles. The lowest BCUT2D eigenvalue weighted by Gasteiger charge is -2.27. The standard InChI is InChI=1S/C20H21BrN4O2S/c1-26-18-8-7-16(21)13-15(18)14-28-20-23-22-19(24-9-11-27-12-10-24)25(20)17-5-3-2-4-6-17/h2-8,13H,9-12,14H2,1H3. The topological polar surface area (TPSA) is 52.4 Å². The van der Waals surface area contributed by atoms with Gasteiger partial charge in [0.2, 0.25) is 5.95 Å². The Labute approximate surface area is 177 Å². The molecule has 1 fully saturated rings. The first kappa shape index (κ1) is 19.3. The van der Waals surface area contributed by atoms with Gasteiger partial charge in [0.1, 0.15) is 5.75 Å². The lowest BCUT2D eigenvalue weighted by atomic mass is 10.2. The van der Waals surface area contributed by atoms with Crippen LogP contribution in [0.3, 0.4) is 0 Å². The average Bonchev–Trinajstić information content (AvgIpc) is 3.17. The second-order valence-corrected chi connectivity index (χ2v) is 8.16. The molecule has 0 atom stereocenters. The summed E-state index contributed by atoms with van der Waals surface area (Å²) in [6.45, 7) is 3.04. The average molecular weight is 461 g/mol. The van der Waals surface area contributed by atoms with E-state index in [-0.39, 0.29) is 0 Å². The summed E-state index contributed by atoms with van der Waals surface area (Å²) in [5.74, 6) is 2.46. The normalized spacial score (nSPS) is 14.3. The number of benzene rings is 2. The molecule has 28 heavy (non-hydrogen) atoms. The van der Waals surface area contributed by atoms with Crippen molar-refractivity contribution in [2.75, 3.05) is 38.3 Å². The number of halogens is 1. The van der Waals surface area contributed by atoms with Crippen LogP contribution in [-0.2, 0) is 10.5 Å². The lowest BCUT2D eigenvalue weighted by Crippen LogP contribution is -2.37. The van der Waals surface area contributed by atoms with Gasteiger partial charge in [0.05, 0.1) is 26.0 Å². The maximum absolute atomic E-state index is 5.50. The number of rotatable bonds is 6. The van der Waals surface area contributed by atoms with Gasteiger partial charge in [-0.3, -0.25) is 4.57 Å². The van der Waals surface area contributed by atoms with E-state index >= 15 is 0 Å². The van der Waals surface area contributed by atoms with Crippen LogP contribution < -0.4 is 9.64 Å². The van der Waals surface area contributed by atoms with Gasteiger partial charge < -0.3 is 14.4 Å². The molecule has 8 heteroatoms. The number of aromatic nitrogens is 3. The van der Waals surface area contributed by atoms with Gasteiger partial charge in [0.25, 0.3) is 0 Å². The molecular formula is C20H21BrN4O2S. The van der Waals surface area contributed by atoms with Crippen LogP contribution in [0.5, 0.6) is 5.75 Å². The molecule has 6 nitrogen and oxygen atoms in total. The number of hydrogen-bond donors (Lipinski definition) is 0. The van der Waals surface area contributed by atoms with Gasteiger partial charge in [-0.05, 0) is 30.3 Å². The van der Waals surface area contributed by atoms with Crippen LogP contribution in [0.15, 0.2) is 58.2 Å². The summed E-state index contributed by atoms with van der Waals surface area (Å²) in [7, 11) is 1.69. The first-order valence-electron chi connectivity index (χ1n) is 9.05. The van der Waals surface area contributed by atoms with Gasteiger partial charge in [-0.1, -0.05) is 45.9 Å². The van der Waals surface area contributed by atoms with Gasteiger partial charge in [0.15, 0.2) is 5.16 Å². The van der Waals surface area contributed by atoms with E-state index in [1.807, 2.05) is 30.3 Å². The summed E-state index contributed by atoms with van der Waals surface area (Å²) in [4.78, 5) is 2.23. The van der Waals surface area contributed by atoms with Gasteiger partial charge in [-0.2, -0.15) is 0 Å². The Morgan fingerprint density at radius 3 is 2.64 bits per heavy atom. The monoisotopic (exact) mass is 460 g/mol. The molecule has 0 unspecified atom stereocenters. The number of anilines is 1. The maximum atomic E-state index is 5.50. The molecular weight excluding hydrogens is 440 g/mol. The number of methoxy groups -OCH3 is 1. The minimum Gasteiger partial charge on any atom is -0.496 e. The highest BCUT2D eigenvalue weighted by molar-refractivity contribution is 9.10. The Morgan fingerprint density at radius 1 is 1.11 bits per heavy atom. The summed E-state index contributed by atoms with van der Waals surface area (Å²) >= 11 is 5.19. The van der Waals surface area contributed by atoms with Crippen molar-refractivity contribution in [3.05, 3.63) is 58.6 Å². The minimum absolute atomic E-state index is 0.708. The predicted molar refractivity (Wildman–Crippen MR) is 115 cm³/mol. The molecule has 1 aliphatic heterocycles. The SMILES string of the molecule is COc1ccc(Br)cc1CSc1nnc(N2CCOCC2)n1-c1ccccc1. The summed E-state index contributed by atoms with van der Waals surface area (Å²) in [6.07, 6.45) is 0. The fraction of sp³-hybridized carbons (Fsp3) is 0.300. The molecule has 1 aromatic heterocycles. The van der Waals surface area contributed by atoms with E-state index < -0.39 is 0 Å². The largest absolute Gasteiger partial charge is 0.496 e. The number of hydrogen-bond acceptors (Lipinski definition) is 6. The third kappa shape index (κ3) is 4.19. The number of para-hydroxylation sites is 1. The van der Waals surface area contributed by atoms with Crippen molar-refractivity contribution < 1.29 is 9.47 Å². The molecule has 1 aliphatic rings. The molecule has 0 amide bonds. The van der Waals surface area contributed by atoms with Crippen LogP contribution in [0.2, 0.25) is 0 Å². The minimum atomic E-state index is 0.708. The Kier molecular flexibility index (Phi) is 6.19. The van der Waals surface area contributed by atoms with Crippen LogP contribution in [0.4, 0.5) is 5.95 Å². The smallest absolute Gasteiger partial charge is 0.232 e. The first-order valence-corrected chi connectivity index (χ1v) is 10.8. The van der Waals surface area contributed by atoms with Gasteiger partial charge in [-0.25, -0.2) is 0 Å². The van der Waals surface area contributed by atoms with E-state index in [0.717, 1.165) is 51.4 Å².